The Balaban J connectivity index is 2.68. The van der Waals surface area contributed by atoms with Gasteiger partial charge in [0.25, 0.3) is 0 Å². The predicted octanol–water partition coefficient (Wildman–Crippen LogP) is 3.33. The fourth-order valence-electron chi connectivity index (χ4n) is 1.59. The van der Waals surface area contributed by atoms with E-state index in [1.807, 2.05) is 6.92 Å². The molecule has 0 radical (unpaired) electrons. The number of hydrogen-bond acceptors (Lipinski definition) is 4. The third-order valence-corrected chi connectivity index (χ3v) is 4.06. The van der Waals surface area contributed by atoms with Crippen molar-refractivity contribution in [3.8, 4) is 0 Å². The van der Waals surface area contributed by atoms with E-state index in [1.54, 1.807) is 36.0 Å². The van der Waals surface area contributed by atoms with Crippen molar-refractivity contribution in [3.05, 3.63) is 29.8 Å². The first-order chi connectivity index (χ1) is 9.60. The number of benzene rings is 1. The summed E-state index contributed by atoms with van der Waals surface area (Å²) in [6.07, 6.45) is 2.22. The zero-order valence-electron chi connectivity index (χ0n) is 12.1. The molecule has 1 unspecified atom stereocenters. The minimum absolute atomic E-state index is 0.0949. The highest BCUT2D eigenvalue weighted by atomic mass is 32.2. The molecule has 1 rings (SSSR count). The molecule has 5 heteroatoms. The first-order valence-electron chi connectivity index (χ1n) is 6.70. The number of para-hydroxylation sites is 1. The number of unbranched alkanes of at least 4 members (excludes halogenated alkanes) is 1. The van der Waals surface area contributed by atoms with Crippen LogP contribution in [0.2, 0.25) is 0 Å². The summed E-state index contributed by atoms with van der Waals surface area (Å²) in [5.41, 5.74) is 0.862. The molecule has 20 heavy (non-hydrogen) atoms. The van der Waals surface area contributed by atoms with Crippen molar-refractivity contribution in [1.29, 1.82) is 0 Å². The number of carbonyl (C=O) groups is 2. The molecule has 0 fully saturated rings. The largest absolute Gasteiger partial charge is 0.465 e. The van der Waals surface area contributed by atoms with Gasteiger partial charge in [0, 0.05) is 0 Å². The molecule has 110 valence electrons. The van der Waals surface area contributed by atoms with Crippen LogP contribution in [0.5, 0.6) is 0 Å². The molecule has 1 aromatic rings. The zero-order valence-corrected chi connectivity index (χ0v) is 13.0. The molecule has 0 saturated heterocycles. The van der Waals surface area contributed by atoms with Gasteiger partial charge < -0.3 is 10.1 Å². The molecule has 1 atom stereocenters. The standard InChI is InChI=1S/C15H21NO3S/c1-4-5-10-20-11(2)14(17)16-13-9-7-6-8-12(13)15(18)19-3/h6-9,11H,4-5,10H2,1-3H3,(H,16,17). The Morgan fingerprint density at radius 3 is 2.70 bits per heavy atom. The Kier molecular flexibility index (Phi) is 7.15. The Labute approximate surface area is 124 Å². The van der Waals surface area contributed by atoms with Gasteiger partial charge in [-0.1, -0.05) is 25.5 Å². The molecule has 4 nitrogen and oxygen atoms in total. The van der Waals surface area contributed by atoms with Crippen LogP contribution in [0, 0.1) is 0 Å². The summed E-state index contributed by atoms with van der Waals surface area (Å²) >= 11 is 1.62. The number of amides is 1. The van der Waals surface area contributed by atoms with Gasteiger partial charge >= 0.3 is 5.97 Å². The molecule has 0 saturated carbocycles. The zero-order chi connectivity index (χ0) is 15.0. The molecule has 0 heterocycles. The first kappa shape index (κ1) is 16.6. The Hall–Kier alpha value is -1.49. The van der Waals surface area contributed by atoms with Crippen molar-refractivity contribution in [2.24, 2.45) is 0 Å². The molecule has 1 N–H and O–H groups in total. The molecule has 0 bridgehead atoms. The number of esters is 1. The van der Waals surface area contributed by atoms with Crippen LogP contribution in [0.3, 0.4) is 0 Å². The third-order valence-electron chi connectivity index (χ3n) is 2.83. The quantitative estimate of drug-likeness (QED) is 0.619. The fourth-order valence-corrected chi connectivity index (χ4v) is 2.61. The van der Waals surface area contributed by atoms with E-state index >= 15 is 0 Å². The van der Waals surface area contributed by atoms with E-state index in [0.717, 1.165) is 18.6 Å². The van der Waals surface area contributed by atoms with Gasteiger partial charge in [0.1, 0.15) is 0 Å². The lowest BCUT2D eigenvalue weighted by Crippen LogP contribution is -2.24. The highest BCUT2D eigenvalue weighted by molar-refractivity contribution is 8.00. The van der Waals surface area contributed by atoms with Crippen molar-refractivity contribution >= 4 is 29.3 Å². The SMILES string of the molecule is CCCCSC(C)C(=O)Nc1ccccc1C(=O)OC. The highest BCUT2D eigenvalue weighted by Gasteiger charge is 2.17. The summed E-state index contributed by atoms with van der Waals surface area (Å²) in [4.78, 5) is 23.7. The summed E-state index contributed by atoms with van der Waals surface area (Å²) in [7, 11) is 1.32. The average molecular weight is 295 g/mol. The van der Waals surface area contributed by atoms with Gasteiger partial charge in [0.2, 0.25) is 5.91 Å². The lowest BCUT2D eigenvalue weighted by molar-refractivity contribution is -0.115. The van der Waals surface area contributed by atoms with E-state index in [1.165, 1.54) is 7.11 Å². The summed E-state index contributed by atoms with van der Waals surface area (Å²) in [6.45, 7) is 3.99. The van der Waals surface area contributed by atoms with Gasteiger partial charge in [0.05, 0.1) is 23.6 Å². The van der Waals surface area contributed by atoms with Gasteiger partial charge in [-0.25, -0.2) is 4.79 Å². The minimum atomic E-state index is -0.452. The van der Waals surface area contributed by atoms with E-state index in [-0.39, 0.29) is 11.2 Å². The Bertz CT molecular complexity index is 462. The van der Waals surface area contributed by atoms with Crippen LogP contribution in [0.25, 0.3) is 0 Å². The van der Waals surface area contributed by atoms with Gasteiger partial charge in [-0.05, 0) is 31.2 Å². The molecule has 1 aromatic carbocycles. The van der Waals surface area contributed by atoms with E-state index in [9.17, 15) is 9.59 Å². The number of thioether (sulfide) groups is 1. The van der Waals surface area contributed by atoms with Crippen molar-refractivity contribution in [2.75, 3.05) is 18.2 Å². The van der Waals surface area contributed by atoms with Crippen LogP contribution >= 0.6 is 11.8 Å². The first-order valence-corrected chi connectivity index (χ1v) is 7.74. The van der Waals surface area contributed by atoms with Crippen LogP contribution in [0.4, 0.5) is 5.69 Å². The van der Waals surface area contributed by atoms with Crippen LogP contribution in [-0.2, 0) is 9.53 Å². The van der Waals surface area contributed by atoms with E-state index < -0.39 is 5.97 Å². The maximum absolute atomic E-state index is 12.1. The smallest absolute Gasteiger partial charge is 0.339 e. The number of ether oxygens (including phenoxy) is 1. The third kappa shape index (κ3) is 4.89. The number of hydrogen-bond donors (Lipinski definition) is 1. The lowest BCUT2D eigenvalue weighted by Gasteiger charge is -2.13. The van der Waals surface area contributed by atoms with Crippen LogP contribution in [0.15, 0.2) is 24.3 Å². The number of carbonyl (C=O) groups excluding carboxylic acids is 2. The minimum Gasteiger partial charge on any atom is -0.465 e. The number of anilines is 1. The molecule has 0 aliphatic rings. The van der Waals surface area contributed by atoms with Crippen LogP contribution in [0.1, 0.15) is 37.0 Å². The van der Waals surface area contributed by atoms with Crippen LogP contribution in [-0.4, -0.2) is 30.0 Å². The Morgan fingerprint density at radius 1 is 1.35 bits per heavy atom. The van der Waals surface area contributed by atoms with Crippen molar-refractivity contribution in [3.63, 3.8) is 0 Å². The van der Waals surface area contributed by atoms with Crippen molar-refractivity contribution in [2.45, 2.75) is 31.9 Å². The van der Waals surface area contributed by atoms with Gasteiger partial charge in [-0.15, -0.1) is 11.8 Å². The predicted molar refractivity (Wildman–Crippen MR) is 83.2 cm³/mol. The maximum Gasteiger partial charge on any atom is 0.339 e. The highest BCUT2D eigenvalue weighted by Crippen LogP contribution is 2.19. The normalized spacial score (nSPS) is 11.8. The lowest BCUT2D eigenvalue weighted by atomic mass is 10.2. The summed E-state index contributed by atoms with van der Waals surface area (Å²) in [5, 5.41) is 2.65. The fraction of sp³-hybridized carbons (Fsp3) is 0.467. The second kappa shape index (κ2) is 8.64. The molecule has 0 aromatic heterocycles. The number of nitrogens with one attached hydrogen (secondary N) is 1. The molecule has 0 spiro atoms. The van der Waals surface area contributed by atoms with Crippen molar-refractivity contribution < 1.29 is 14.3 Å². The molecular formula is C15H21NO3S. The summed E-state index contributed by atoms with van der Waals surface area (Å²) in [6, 6.07) is 6.85. The van der Waals surface area contributed by atoms with E-state index in [0.29, 0.717) is 11.3 Å². The van der Waals surface area contributed by atoms with E-state index in [4.69, 9.17) is 4.74 Å². The van der Waals surface area contributed by atoms with Gasteiger partial charge in [-0.2, -0.15) is 0 Å². The topological polar surface area (TPSA) is 55.4 Å². The molecule has 1 amide bonds. The van der Waals surface area contributed by atoms with Crippen molar-refractivity contribution in [1.82, 2.24) is 0 Å². The second-order valence-electron chi connectivity index (χ2n) is 4.39. The second-order valence-corrected chi connectivity index (χ2v) is 5.84. The Morgan fingerprint density at radius 2 is 2.05 bits per heavy atom. The molecular weight excluding hydrogens is 274 g/mol. The van der Waals surface area contributed by atoms with Gasteiger partial charge in [-0.3, -0.25) is 4.79 Å². The average Bonchev–Trinajstić information content (AvgIpc) is 2.47. The summed E-state index contributed by atoms with van der Waals surface area (Å²) in [5.74, 6) is 0.415. The molecule has 0 aliphatic heterocycles. The number of methoxy groups -OCH3 is 1. The monoisotopic (exact) mass is 295 g/mol. The molecule has 0 aliphatic carbocycles. The maximum atomic E-state index is 12.1. The number of rotatable bonds is 7. The van der Waals surface area contributed by atoms with Gasteiger partial charge in [0.15, 0.2) is 0 Å². The van der Waals surface area contributed by atoms with Crippen LogP contribution < -0.4 is 5.32 Å². The van der Waals surface area contributed by atoms with E-state index in [2.05, 4.69) is 12.2 Å². The summed E-state index contributed by atoms with van der Waals surface area (Å²) < 4.78 is 4.70.